The van der Waals surface area contributed by atoms with Crippen LogP contribution in [0.1, 0.15) is 16.8 Å². The highest BCUT2D eigenvalue weighted by atomic mass is 79.9. The van der Waals surface area contributed by atoms with E-state index in [0.717, 1.165) is 12.2 Å². The molecule has 0 unspecified atom stereocenters. The first-order valence-corrected chi connectivity index (χ1v) is 7.61. The summed E-state index contributed by atoms with van der Waals surface area (Å²) in [5.41, 5.74) is 0.528. The molecule has 0 bridgehead atoms. The molecule has 1 aromatic carbocycles. The van der Waals surface area contributed by atoms with Crippen LogP contribution in [0, 0.1) is 0 Å². The molecule has 2 rings (SSSR count). The second kappa shape index (κ2) is 7.52. The molecular formula is C15H15BrClNO3. The lowest BCUT2D eigenvalue weighted by atomic mass is 10.3. The van der Waals surface area contributed by atoms with Gasteiger partial charge in [-0.05, 0) is 40.5 Å². The molecule has 0 spiro atoms. The summed E-state index contributed by atoms with van der Waals surface area (Å²) in [6.07, 6.45) is 2.17. The van der Waals surface area contributed by atoms with E-state index in [0.29, 0.717) is 28.4 Å². The van der Waals surface area contributed by atoms with Crippen LogP contribution < -0.4 is 4.74 Å². The van der Waals surface area contributed by atoms with E-state index in [1.54, 1.807) is 30.1 Å². The second-order valence-electron chi connectivity index (χ2n) is 4.53. The number of hydrogen-bond acceptors (Lipinski definition) is 3. The Hall–Kier alpha value is -1.46. The summed E-state index contributed by atoms with van der Waals surface area (Å²) in [4.78, 5) is 13.7. The second-order valence-corrected chi connectivity index (χ2v) is 5.74. The summed E-state index contributed by atoms with van der Waals surface area (Å²) in [7, 11) is 1.75. The fourth-order valence-corrected chi connectivity index (χ4v) is 2.31. The van der Waals surface area contributed by atoms with Crippen LogP contribution in [0.4, 0.5) is 0 Å². The number of carbonyl (C=O) groups is 1. The molecule has 2 aromatic rings. The number of amides is 1. The Morgan fingerprint density at radius 1 is 1.43 bits per heavy atom. The Balaban J connectivity index is 1.74. The normalized spacial score (nSPS) is 10.4. The first-order chi connectivity index (χ1) is 10.1. The van der Waals surface area contributed by atoms with Crippen molar-refractivity contribution in [3.63, 3.8) is 0 Å². The zero-order chi connectivity index (χ0) is 15.2. The Labute approximate surface area is 136 Å². The number of rotatable bonds is 6. The molecule has 1 aromatic heterocycles. The molecule has 1 heterocycles. The first kappa shape index (κ1) is 15.9. The van der Waals surface area contributed by atoms with Crippen molar-refractivity contribution in [1.29, 1.82) is 0 Å². The highest BCUT2D eigenvalue weighted by molar-refractivity contribution is 9.10. The highest BCUT2D eigenvalue weighted by Crippen LogP contribution is 2.17. The molecule has 0 saturated heterocycles. The van der Waals surface area contributed by atoms with E-state index in [1.165, 1.54) is 6.26 Å². The van der Waals surface area contributed by atoms with Gasteiger partial charge in [0.2, 0.25) is 0 Å². The fraction of sp³-hybridized carbons (Fsp3) is 0.267. The zero-order valence-electron chi connectivity index (χ0n) is 11.5. The van der Waals surface area contributed by atoms with Crippen molar-refractivity contribution in [3.05, 3.63) is 51.9 Å². The minimum absolute atomic E-state index is 0.0767. The van der Waals surface area contributed by atoms with Crippen LogP contribution in [0.25, 0.3) is 0 Å². The standard InChI is InChI=1S/C15H15BrClNO3/c1-18(15(19)11-8-14(16)21-10-11)6-3-7-20-13-5-2-4-12(17)9-13/h2,4-5,8-10H,3,6-7H2,1H3. The predicted octanol–water partition coefficient (Wildman–Crippen LogP) is 4.24. The molecule has 1 amide bonds. The SMILES string of the molecule is CN(CCCOc1cccc(Cl)c1)C(=O)c1coc(Br)c1. The molecule has 0 aliphatic carbocycles. The molecule has 112 valence electrons. The van der Waals surface area contributed by atoms with Crippen LogP contribution in [-0.4, -0.2) is 31.0 Å². The van der Waals surface area contributed by atoms with Gasteiger partial charge in [-0.15, -0.1) is 0 Å². The molecule has 0 radical (unpaired) electrons. The third kappa shape index (κ3) is 4.79. The summed E-state index contributed by atoms with van der Waals surface area (Å²) in [5, 5.41) is 0.644. The third-order valence-electron chi connectivity index (χ3n) is 2.86. The Bertz CT molecular complexity index is 614. The molecule has 21 heavy (non-hydrogen) atoms. The van der Waals surface area contributed by atoms with E-state index < -0.39 is 0 Å². The first-order valence-electron chi connectivity index (χ1n) is 6.44. The van der Waals surface area contributed by atoms with Gasteiger partial charge < -0.3 is 14.1 Å². The van der Waals surface area contributed by atoms with E-state index in [4.69, 9.17) is 20.8 Å². The van der Waals surface area contributed by atoms with Crippen molar-refractivity contribution in [2.24, 2.45) is 0 Å². The van der Waals surface area contributed by atoms with E-state index in [-0.39, 0.29) is 5.91 Å². The van der Waals surface area contributed by atoms with Crippen molar-refractivity contribution in [1.82, 2.24) is 4.90 Å². The number of furan rings is 1. The number of halogens is 2. The van der Waals surface area contributed by atoms with Crippen LogP contribution in [-0.2, 0) is 0 Å². The fourth-order valence-electron chi connectivity index (χ4n) is 1.79. The maximum atomic E-state index is 12.1. The van der Waals surface area contributed by atoms with Crippen LogP contribution in [0.2, 0.25) is 5.02 Å². The number of nitrogens with zero attached hydrogens (tertiary/aromatic N) is 1. The van der Waals surface area contributed by atoms with Crippen LogP contribution in [0.3, 0.4) is 0 Å². The molecule has 0 fully saturated rings. The van der Waals surface area contributed by atoms with Gasteiger partial charge in [0.15, 0.2) is 4.67 Å². The average molecular weight is 373 g/mol. The maximum Gasteiger partial charge on any atom is 0.256 e. The van der Waals surface area contributed by atoms with Crippen LogP contribution in [0.15, 0.2) is 45.7 Å². The van der Waals surface area contributed by atoms with E-state index in [9.17, 15) is 4.79 Å². The lowest BCUT2D eigenvalue weighted by Gasteiger charge is -2.16. The van der Waals surface area contributed by atoms with Crippen LogP contribution >= 0.6 is 27.5 Å². The van der Waals surface area contributed by atoms with Gasteiger partial charge in [-0.3, -0.25) is 4.79 Å². The predicted molar refractivity (Wildman–Crippen MR) is 84.9 cm³/mol. The smallest absolute Gasteiger partial charge is 0.256 e. The molecule has 0 aliphatic heterocycles. The van der Waals surface area contributed by atoms with Crippen molar-refractivity contribution in [3.8, 4) is 5.75 Å². The van der Waals surface area contributed by atoms with Gasteiger partial charge in [0.05, 0.1) is 12.2 Å². The molecule has 4 nitrogen and oxygen atoms in total. The Morgan fingerprint density at radius 3 is 2.90 bits per heavy atom. The average Bonchev–Trinajstić information content (AvgIpc) is 2.89. The molecule has 0 N–H and O–H groups in total. The van der Waals surface area contributed by atoms with Gasteiger partial charge in [0.1, 0.15) is 12.0 Å². The van der Waals surface area contributed by atoms with Gasteiger partial charge in [-0.25, -0.2) is 0 Å². The van der Waals surface area contributed by atoms with Crippen LogP contribution in [0.5, 0.6) is 5.75 Å². The van der Waals surface area contributed by atoms with E-state index in [1.807, 2.05) is 12.1 Å². The van der Waals surface area contributed by atoms with Gasteiger partial charge in [-0.2, -0.15) is 0 Å². The third-order valence-corrected chi connectivity index (χ3v) is 3.51. The summed E-state index contributed by atoms with van der Waals surface area (Å²) in [6, 6.07) is 8.90. The molecule has 6 heteroatoms. The van der Waals surface area contributed by atoms with Gasteiger partial charge >= 0.3 is 0 Å². The molecule has 0 aliphatic rings. The van der Waals surface area contributed by atoms with E-state index >= 15 is 0 Å². The number of benzene rings is 1. The minimum atomic E-state index is -0.0767. The Kier molecular flexibility index (Phi) is 5.70. The largest absolute Gasteiger partial charge is 0.493 e. The van der Waals surface area contributed by atoms with Gasteiger partial charge in [-0.1, -0.05) is 17.7 Å². The minimum Gasteiger partial charge on any atom is -0.493 e. The maximum absolute atomic E-state index is 12.1. The lowest BCUT2D eigenvalue weighted by Crippen LogP contribution is -2.28. The number of ether oxygens (including phenoxy) is 1. The topological polar surface area (TPSA) is 42.7 Å². The van der Waals surface area contributed by atoms with Gasteiger partial charge in [0.25, 0.3) is 5.91 Å². The van der Waals surface area contributed by atoms with Crippen molar-refractivity contribution >= 4 is 33.4 Å². The van der Waals surface area contributed by atoms with Crippen molar-refractivity contribution < 1.29 is 13.9 Å². The molecule has 0 saturated carbocycles. The summed E-state index contributed by atoms with van der Waals surface area (Å²) < 4.78 is 11.2. The van der Waals surface area contributed by atoms with E-state index in [2.05, 4.69) is 15.9 Å². The summed E-state index contributed by atoms with van der Waals surface area (Å²) >= 11 is 9.05. The lowest BCUT2D eigenvalue weighted by molar-refractivity contribution is 0.0787. The van der Waals surface area contributed by atoms with Crippen molar-refractivity contribution in [2.45, 2.75) is 6.42 Å². The Morgan fingerprint density at radius 2 is 2.24 bits per heavy atom. The monoisotopic (exact) mass is 371 g/mol. The molecule has 0 atom stereocenters. The summed E-state index contributed by atoms with van der Waals surface area (Å²) in [5.74, 6) is 0.655. The van der Waals surface area contributed by atoms with Gasteiger partial charge in [0, 0.05) is 24.7 Å². The summed E-state index contributed by atoms with van der Waals surface area (Å²) in [6.45, 7) is 1.12. The van der Waals surface area contributed by atoms with Crippen molar-refractivity contribution in [2.75, 3.05) is 20.2 Å². The highest BCUT2D eigenvalue weighted by Gasteiger charge is 2.13. The zero-order valence-corrected chi connectivity index (χ0v) is 13.9. The quantitative estimate of drug-likeness (QED) is 0.712. The molecular weight excluding hydrogens is 358 g/mol. The number of carbonyl (C=O) groups excluding carboxylic acids is 1. The number of hydrogen-bond donors (Lipinski definition) is 0.